The monoisotopic (exact) mass is 451 g/mol. The average molecular weight is 453 g/mol. The van der Waals surface area contributed by atoms with Gasteiger partial charge in [-0.15, -0.1) is 0 Å². The maximum absolute atomic E-state index is 12.8. The molecule has 0 bridgehead atoms. The van der Waals surface area contributed by atoms with Gasteiger partial charge in [-0.1, -0.05) is 46.4 Å². The van der Waals surface area contributed by atoms with Gasteiger partial charge in [0.25, 0.3) is 0 Å². The zero-order chi connectivity index (χ0) is 19.1. The average Bonchev–Trinajstić information content (AvgIpc) is 2.60. The van der Waals surface area contributed by atoms with Crippen molar-refractivity contribution in [3.63, 3.8) is 0 Å². The van der Waals surface area contributed by atoms with Gasteiger partial charge in [-0.05, 0) is 30.3 Å². The van der Waals surface area contributed by atoms with Crippen molar-refractivity contribution >= 4 is 67.4 Å². The van der Waals surface area contributed by atoms with Crippen molar-refractivity contribution in [2.45, 2.75) is 4.90 Å². The van der Waals surface area contributed by atoms with Crippen molar-refractivity contribution in [2.24, 2.45) is 0 Å². The minimum absolute atomic E-state index is 0.0104. The van der Waals surface area contributed by atoms with Gasteiger partial charge in [0.15, 0.2) is 11.5 Å². The number of nitrogens with zero attached hydrogens (tertiary/aromatic N) is 1. The van der Waals surface area contributed by atoms with Crippen LogP contribution in [0.2, 0.25) is 20.1 Å². The van der Waals surface area contributed by atoms with Gasteiger partial charge in [0.05, 0.1) is 22.2 Å². The first-order valence-corrected chi connectivity index (χ1v) is 9.87. The number of ether oxygens (including phenoxy) is 1. The summed E-state index contributed by atoms with van der Waals surface area (Å²) in [5.74, 6) is -0.290. The van der Waals surface area contributed by atoms with Crippen molar-refractivity contribution in [2.75, 3.05) is 7.11 Å². The van der Waals surface area contributed by atoms with Gasteiger partial charge in [0.2, 0.25) is 0 Å². The predicted octanol–water partition coefficient (Wildman–Crippen LogP) is 5.62. The Bertz CT molecular complexity index is 1120. The zero-order valence-electron chi connectivity index (χ0n) is 13.0. The Morgan fingerprint density at radius 1 is 0.962 bits per heavy atom. The normalized spacial score (nSPS) is 11.6. The third kappa shape index (κ3) is 3.40. The molecule has 0 fully saturated rings. The molecule has 0 unspecified atom stereocenters. The molecule has 10 heteroatoms. The molecule has 0 spiro atoms. The van der Waals surface area contributed by atoms with Gasteiger partial charge in [-0.25, -0.2) is 0 Å². The molecule has 26 heavy (non-hydrogen) atoms. The largest absolute Gasteiger partial charge is 0.494 e. The van der Waals surface area contributed by atoms with Crippen molar-refractivity contribution in [3.8, 4) is 11.5 Å². The number of benzene rings is 2. The number of fused-ring (bicyclic) bond motifs is 1. The number of methoxy groups -OCH3 is 1. The number of pyridine rings is 1. The molecular formula is C16H9Cl4NO4S. The Hall–Kier alpha value is -1.44. The van der Waals surface area contributed by atoms with Gasteiger partial charge in [-0.2, -0.15) is 8.42 Å². The lowest BCUT2D eigenvalue weighted by Gasteiger charge is -2.14. The van der Waals surface area contributed by atoms with Crippen LogP contribution < -0.4 is 8.92 Å². The van der Waals surface area contributed by atoms with Crippen LogP contribution in [0.1, 0.15) is 0 Å². The molecule has 0 N–H and O–H groups in total. The molecule has 0 atom stereocenters. The number of hydrogen-bond acceptors (Lipinski definition) is 5. The summed E-state index contributed by atoms with van der Waals surface area (Å²) < 4.78 is 35.9. The van der Waals surface area contributed by atoms with E-state index in [-0.39, 0.29) is 37.0 Å². The first-order chi connectivity index (χ1) is 12.3. The summed E-state index contributed by atoms with van der Waals surface area (Å²) in [6.07, 6.45) is 1.47. The molecule has 5 nitrogen and oxygen atoms in total. The third-order valence-electron chi connectivity index (χ3n) is 3.43. The zero-order valence-corrected chi connectivity index (χ0v) is 16.8. The standard InChI is InChI=1S/C16H9Cl4NO4S/c1-24-16-12(5-4-9(17)13(16)20)26(22,23)25-15-11(19)7-10(18)8-3-2-6-21-14(8)15/h2-7H,1H3. The number of halogens is 4. The van der Waals surface area contributed by atoms with Crippen LogP contribution in [0.25, 0.3) is 10.9 Å². The summed E-state index contributed by atoms with van der Waals surface area (Å²) in [7, 11) is -3.09. The van der Waals surface area contributed by atoms with Crippen LogP contribution in [0.3, 0.4) is 0 Å². The Kier molecular flexibility index (Phi) is 5.42. The van der Waals surface area contributed by atoms with Crippen LogP contribution in [-0.2, 0) is 10.1 Å². The highest BCUT2D eigenvalue weighted by Gasteiger charge is 2.27. The summed E-state index contributed by atoms with van der Waals surface area (Å²) in [5.41, 5.74) is 0.201. The molecule has 1 aromatic heterocycles. The van der Waals surface area contributed by atoms with E-state index in [1.807, 2.05) is 0 Å². The number of hydrogen-bond donors (Lipinski definition) is 0. The van der Waals surface area contributed by atoms with Crippen LogP contribution >= 0.6 is 46.4 Å². The van der Waals surface area contributed by atoms with E-state index >= 15 is 0 Å². The van der Waals surface area contributed by atoms with Gasteiger partial charge < -0.3 is 8.92 Å². The first kappa shape index (κ1) is 19.3. The molecule has 0 saturated carbocycles. The topological polar surface area (TPSA) is 65.5 Å². The second-order valence-electron chi connectivity index (χ2n) is 5.00. The number of aromatic nitrogens is 1. The lowest BCUT2D eigenvalue weighted by atomic mass is 10.2. The van der Waals surface area contributed by atoms with Gasteiger partial charge in [-0.3, -0.25) is 4.98 Å². The highest BCUT2D eigenvalue weighted by molar-refractivity contribution is 7.87. The Morgan fingerprint density at radius 3 is 2.38 bits per heavy atom. The SMILES string of the molecule is COc1c(S(=O)(=O)Oc2c(Cl)cc(Cl)c3cccnc23)ccc(Cl)c1Cl. The van der Waals surface area contributed by atoms with Crippen molar-refractivity contribution in [3.05, 3.63) is 56.6 Å². The molecule has 3 aromatic rings. The lowest BCUT2D eigenvalue weighted by Crippen LogP contribution is -2.12. The lowest BCUT2D eigenvalue weighted by molar-refractivity contribution is 0.398. The molecule has 1 heterocycles. The molecule has 0 radical (unpaired) electrons. The molecule has 0 amide bonds. The smallest absolute Gasteiger partial charge is 0.343 e. The van der Waals surface area contributed by atoms with Gasteiger partial charge >= 0.3 is 10.1 Å². The van der Waals surface area contributed by atoms with Crippen molar-refractivity contribution < 1.29 is 17.3 Å². The Morgan fingerprint density at radius 2 is 1.69 bits per heavy atom. The van der Waals surface area contributed by atoms with Crippen molar-refractivity contribution in [1.82, 2.24) is 4.98 Å². The summed E-state index contributed by atoms with van der Waals surface area (Å²) in [6, 6.07) is 7.25. The predicted molar refractivity (Wildman–Crippen MR) is 103 cm³/mol. The highest BCUT2D eigenvalue weighted by Crippen LogP contribution is 2.41. The molecular weight excluding hydrogens is 444 g/mol. The summed E-state index contributed by atoms with van der Waals surface area (Å²) in [6.45, 7) is 0. The Balaban J connectivity index is 2.19. The molecule has 2 aromatic carbocycles. The van der Waals surface area contributed by atoms with E-state index < -0.39 is 10.1 Å². The van der Waals surface area contributed by atoms with Crippen LogP contribution in [0.4, 0.5) is 0 Å². The first-order valence-electron chi connectivity index (χ1n) is 6.95. The molecule has 0 saturated heterocycles. The van der Waals surface area contributed by atoms with E-state index in [1.54, 1.807) is 12.1 Å². The molecule has 0 aliphatic heterocycles. The fraction of sp³-hybridized carbons (Fsp3) is 0.0625. The maximum atomic E-state index is 12.8. The van der Waals surface area contributed by atoms with Crippen LogP contribution in [0, 0.1) is 0 Å². The van der Waals surface area contributed by atoms with Crippen LogP contribution in [-0.4, -0.2) is 20.5 Å². The van der Waals surface area contributed by atoms with E-state index in [1.165, 1.54) is 31.5 Å². The fourth-order valence-corrected chi connectivity index (χ4v) is 4.45. The van der Waals surface area contributed by atoms with Gasteiger partial charge in [0, 0.05) is 11.6 Å². The maximum Gasteiger partial charge on any atom is 0.343 e. The van der Waals surface area contributed by atoms with Crippen LogP contribution in [0.5, 0.6) is 11.5 Å². The van der Waals surface area contributed by atoms with Gasteiger partial charge in [0.1, 0.15) is 15.4 Å². The molecule has 136 valence electrons. The van der Waals surface area contributed by atoms with E-state index in [0.717, 1.165) is 0 Å². The summed E-state index contributed by atoms with van der Waals surface area (Å²) in [4.78, 5) is 3.82. The minimum Gasteiger partial charge on any atom is -0.494 e. The summed E-state index contributed by atoms with van der Waals surface area (Å²) in [5, 5.41) is 0.881. The fourth-order valence-electron chi connectivity index (χ4n) is 2.28. The number of rotatable bonds is 4. The molecule has 0 aliphatic carbocycles. The Labute approximate surface area is 169 Å². The minimum atomic E-state index is -4.36. The summed E-state index contributed by atoms with van der Waals surface area (Å²) >= 11 is 24.2. The molecule has 3 rings (SSSR count). The second kappa shape index (κ2) is 7.29. The quantitative estimate of drug-likeness (QED) is 0.480. The highest BCUT2D eigenvalue weighted by atomic mass is 35.5. The van der Waals surface area contributed by atoms with E-state index in [2.05, 4.69) is 4.98 Å². The van der Waals surface area contributed by atoms with Crippen LogP contribution in [0.15, 0.2) is 41.4 Å². The second-order valence-corrected chi connectivity index (χ2v) is 8.11. The molecule has 0 aliphatic rings. The van der Waals surface area contributed by atoms with E-state index in [4.69, 9.17) is 55.3 Å². The van der Waals surface area contributed by atoms with E-state index in [0.29, 0.717) is 10.4 Å². The third-order valence-corrected chi connectivity index (χ3v) is 6.06. The van der Waals surface area contributed by atoms with E-state index in [9.17, 15) is 8.42 Å². The van der Waals surface area contributed by atoms with Crippen molar-refractivity contribution in [1.29, 1.82) is 0 Å².